The molecule has 1 N–H and O–H groups in total. The minimum absolute atomic E-state index is 0.0113. The van der Waals surface area contributed by atoms with E-state index in [4.69, 9.17) is 0 Å². The van der Waals surface area contributed by atoms with E-state index in [1.807, 2.05) is 14.1 Å². The first kappa shape index (κ1) is 22.3. The average molecular weight is 415 g/mol. The molecule has 1 heterocycles. The molecular weight excluding hydrogens is 380 g/mol. The van der Waals surface area contributed by atoms with Crippen molar-refractivity contribution in [3.05, 3.63) is 35.4 Å². The van der Waals surface area contributed by atoms with Crippen LogP contribution in [0.5, 0.6) is 0 Å². The van der Waals surface area contributed by atoms with E-state index in [0.717, 1.165) is 36.1 Å². The number of urea groups is 1. The Bertz CT molecular complexity index is 784. The molecule has 1 aliphatic heterocycles. The highest BCUT2D eigenvalue weighted by atomic mass is 16.2. The van der Waals surface area contributed by atoms with Gasteiger partial charge in [0, 0.05) is 13.6 Å². The van der Waals surface area contributed by atoms with Crippen LogP contribution < -0.4 is 5.32 Å². The van der Waals surface area contributed by atoms with Crippen LogP contribution >= 0.6 is 0 Å². The van der Waals surface area contributed by atoms with E-state index in [9.17, 15) is 14.4 Å². The molecule has 1 atom stereocenters. The molecule has 1 spiro atoms. The van der Waals surface area contributed by atoms with Crippen molar-refractivity contribution in [2.24, 2.45) is 0 Å². The van der Waals surface area contributed by atoms with Crippen molar-refractivity contribution in [3.63, 3.8) is 0 Å². The summed E-state index contributed by atoms with van der Waals surface area (Å²) >= 11 is 0. The molecule has 0 bridgehead atoms. The third kappa shape index (κ3) is 4.21. The molecule has 1 aromatic rings. The minimum atomic E-state index is -0.747. The van der Waals surface area contributed by atoms with Crippen LogP contribution in [0.3, 0.4) is 0 Å². The second kappa shape index (κ2) is 9.16. The second-order valence-corrected chi connectivity index (χ2v) is 8.70. The number of benzene rings is 1. The van der Waals surface area contributed by atoms with Gasteiger partial charge in [0.25, 0.3) is 5.91 Å². The van der Waals surface area contributed by atoms with Gasteiger partial charge in [-0.25, -0.2) is 4.79 Å². The first-order chi connectivity index (χ1) is 14.3. The predicted octanol–water partition coefficient (Wildman–Crippen LogP) is 2.56. The number of likely N-dealkylation sites (N-methyl/N-ethyl adjacent to an activating group) is 2. The molecule has 2 aliphatic rings. The summed E-state index contributed by atoms with van der Waals surface area (Å²) < 4.78 is 0. The van der Waals surface area contributed by atoms with Gasteiger partial charge in [0.2, 0.25) is 5.91 Å². The molecule has 4 amide bonds. The van der Waals surface area contributed by atoms with Gasteiger partial charge in [0.1, 0.15) is 12.1 Å². The Balaban J connectivity index is 1.62. The standard InChI is InChI=1S/C23H34N4O3/c1-5-17-9-11-18(12-10-17)19(25(2)3)15-24-20(28)16-27-21(29)23(26(4)22(27)30)13-7-6-8-14-23/h9-12,19H,5-8,13-16H2,1-4H3,(H,24,28). The van der Waals surface area contributed by atoms with Crippen molar-refractivity contribution in [1.29, 1.82) is 0 Å². The Morgan fingerprint density at radius 2 is 1.77 bits per heavy atom. The third-order valence-electron chi connectivity index (χ3n) is 6.67. The highest BCUT2D eigenvalue weighted by Crippen LogP contribution is 2.39. The summed E-state index contributed by atoms with van der Waals surface area (Å²) in [6.45, 7) is 2.31. The fourth-order valence-corrected chi connectivity index (χ4v) is 4.66. The number of amides is 4. The number of nitrogens with zero attached hydrogens (tertiary/aromatic N) is 3. The molecule has 164 valence electrons. The maximum absolute atomic E-state index is 13.0. The van der Waals surface area contributed by atoms with Crippen LogP contribution in [0, 0.1) is 0 Å². The average Bonchev–Trinajstić information content (AvgIpc) is 2.91. The van der Waals surface area contributed by atoms with E-state index in [1.54, 1.807) is 11.9 Å². The minimum Gasteiger partial charge on any atom is -0.353 e. The number of carbonyl (C=O) groups excluding carboxylic acids is 3. The van der Waals surface area contributed by atoms with Gasteiger partial charge in [-0.3, -0.25) is 14.5 Å². The molecule has 1 aliphatic carbocycles. The maximum atomic E-state index is 13.0. The molecule has 2 fully saturated rings. The summed E-state index contributed by atoms with van der Waals surface area (Å²) in [6, 6.07) is 8.03. The van der Waals surface area contributed by atoms with Gasteiger partial charge < -0.3 is 15.1 Å². The number of imide groups is 1. The Morgan fingerprint density at radius 1 is 1.13 bits per heavy atom. The van der Waals surface area contributed by atoms with Crippen LogP contribution in [-0.2, 0) is 16.0 Å². The van der Waals surface area contributed by atoms with Crippen LogP contribution in [0.1, 0.15) is 56.2 Å². The van der Waals surface area contributed by atoms with E-state index in [1.165, 1.54) is 5.56 Å². The number of hydrogen-bond donors (Lipinski definition) is 1. The van der Waals surface area contributed by atoms with Gasteiger partial charge >= 0.3 is 6.03 Å². The van der Waals surface area contributed by atoms with Crippen molar-refractivity contribution >= 4 is 17.8 Å². The lowest BCUT2D eigenvalue weighted by Crippen LogP contribution is -2.49. The van der Waals surface area contributed by atoms with Gasteiger partial charge in [-0.1, -0.05) is 50.5 Å². The quantitative estimate of drug-likeness (QED) is 0.696. The second-order valence-electron chi connectivity index (χ2n) is 8.70. The van der Waals surface area contributed by atoms with Gasteiger partial charge in [-0.05, 0) is 44.5 Å². The Hall–Kier alpha value is -2.41. The molecule has 1 saturated carbocycles. The van der Waals surface area contributed by atoms with E-state index in [-0.39, 0.29) is 30.4 Å². The SMILES string of the molecule is CCc1ccc(C(CNC(=O)CN2C(=O)N(C)C3(CCCCC3)C2=O)N(C)C)cc1. The lowest BCUT2D eigenvalue weighted by atomic mass is 9.81. The molecular formula is C23H34N4O3. The number of hydrogen-bond acceptors (Lipinski definition) is 4. The first-order valence-electron chi connectivity index (χ1n) is 10.9. The molecule has 1 unspecified atom stereocenters. The van der Waals surface area contributed by atoms with Crippen molar-refractivity contribution in [1.82, 2.24) is 20.0 Å². The number of aryl methyl sites for hydroxylation is 1. The van der Waals surface area contributed by atoms with E-state index in [0.29, 0.717) is 19.4 Å². The van der Waals surface area contributed by atoms with Gasteiger partial charge in [-0.15, -0.1) is 0 Å². The Labute approximate surface area is 179 Å². The molecule has 7 nitrogen and oxygen atoms in total. The van der Waals surface area contributed by atoms with E-state index >= 15 is 0 Å². The van der Waals surface area contributed by atoms with Crippen molar-refractivity contribution < 1.29 is 14.4 Å². The lowest BCUT2D eigenvalue weighted by Gasteiger charge is -2.35. The van der Waals surface area contributed by atoms with Crippen molar-refractivity contribution in [2.75, 3.05) is 34.2 Å². The van der Waals surface area contributed by atoms with Gasteiger partial charge in [0.15, 0.2) is 0 Å². The summed E-state index contributed by atoms with van der Waals surface area (Å²) in [5.74, 6) is -0.529. The lowest BCUT2D eigenvalue weighted by molar-refractivity contribution is -0.137. The van der Waals surface area contributed by atoms with Crippen LogP contribution in [0.25, 0.3) is 0 Å². The molecule has 3 rings (SSSR count). The van der Waals surface area contributed by atoms with Gasteiger partial charge in [0.05, 0.1) is 6.04 Å². The van der Waals surface area contributed by atoms with Gasteiger partial charge in [-0.2, -0.15) is 0 Å². The topological polar surface area (TPSA) is 73.0 Å². The smallest absolute Gasteiger partial charge is 0.327 e. The maximum Gasteiger partial charge on any atom is 0.327 e. The number of carbonyl (C=O) groups is 3. The third-order valence-corrected chi connectivity index (χ3v) is 6.67. The van der Waals surface area contributed by atoms with Crippen molar-refractivity contribution in [2.45, 2.75) is 57.0 Å². The zero-order valence-electron chi connectivity index (χ0n) is 18.6. The number of rotatable bonds is 7. The molecule has 7 heteroatoms. The van der Waals surface area contributed by atoms with Crippen molar-refractivity contribution in [3.8, 4) is 0 Å². The zero-order chi connectivity index (χ0) is 21.9. The summed E-state index contributed by atoms with van der Waals surface area (Å²) in [6.07, 6.45) is 5.31. The Kier molecular flexibility index (Phi) is 6.81. The van der Waals surface area contributed by atoms with E-state index < -0.39 is 5.54 Å². The summed E-state index contributed by atoms with van der Waals surface area (Å²) in [5.41, 5.74) is 1.64. The monoisotopic (exact) mass is 414 g/mol. The van der Waals surface area contributed by atoms with Crippen LogP contribution in [0.15, 0.2) is 24.3 Å². The fraction of sp³-hybridized carbons (Fsp3) is 0.609. The molecule has 1 saturated heterocycles. The van der Waals surface area contributed by atoms with Crippen LogP contribution in [-0.4, -0.2) is 72.3 Å². The van der Waals surface area contributed by atoms with E-state index in [2.05, 4.69) is 41.4 Å². The first-order valence-corrected chi connectivity index (χ1v) is 10.9. The summed E-state index contributed by atoms with van der Waals surface area (Å²) in [7, 11) is 5.63. The molecule has 30 heavy (non-hydrogen) atoms. The number of nitrogens with one attached hydrogen (secondary N) is 1. The summed E-state index contributed by atoms with van der Waals surface area (Å²) in [5, 5.41) is 2.92. The molecule has 1 aromatic carbocycles. The largest absolute Gasteiger partial charge is 0.353 e. The summed E-state index contributed by atoms with van der Waals surface area (Å²) in [4.78, 5) is 43.1. The normalized spacial score (nSPS) is 19.6. The predicted molar refractivity (Wildman–Crippen MR) is 116 cm³/mol. The molecule has 0 aromatic heterocycles. The Morgan fingerprint density at radius 3 is 2.33 bits per heavy atom. The fourth-order valence-electron chi connectivity index (χ4n) is 4.66. The zero-order valence-corrected chi connectivity index (χ0v) is 18.6. The van der Waals surface area contributed by atoms with Crippen LogP contribution in [0.2, 0.25) is 0 Å². The van der Waals surface area contributed by atoms with Crippen LogP contribution in [0.4, 0.5) is 4.79 Å². The molecule has 0 radical (unpaired) electrons. The highest BCUT2D eigenvalue weighted by molar-refractivity contribution is 6.08. The highest BCUT2D eigenvalue weighted by Gasteiger charge is 2.55.